The Kier molecular flexibility index (Phi) is 5.28. The normalized spacial score (nSPS) is 12.9. The van der Waals surface area contributed by atoms with Crippen molar-refractivity contribution < 1.29 is 6.85 Å². The summed E-state index contributed by atoms with van der Waals surface area (Å²) >= 11 is 0. The van der Waals surface area contributed by atoms with Crippen molar-refractivity contribution in [1.82, 2.24) is 19.5 Å². The van der Waals surface area contributed by atoms with Gasteiger partial charge in [0.2, 0.25) is 0 Å². The highest BCUT2D eigenvalue weighted by molar-refractivity contribution is 6.09. The molecule has 0 aliphatic rings. The van der Waals surface area contributed by atoms with Crippen LogP contribution in [0.25, 0.3) is 83.6 Å². The Labute approximate surface area is 279 Å². The van der Waals surface area contributed by atoms with Gasteiger partial charge in [0.05, 0.1) is 23.6 Å². The van der Waals surface area contributed by atoms with Gasteiger partial charge in [-0.15, -0.1) is 0 Å². The molecule has 220 valence electrons. The molecule has 0 spiro atoms. The van der Waals surface area contributed by atoms with Crippen LogP contribution in [0.1, 0.15) is 6.85 Å². The van der Waals surface area contributed by atoms with Crippen LogP contribution in [0.15, 0.2) is 170 Å². The fourth-order valence-corrected chi connectivity index (χ4v) is 6.31. The lowest BCUT2D eigenvalue weighted by atomic mass is 10.0. The van der Waals surface area contributed by atoms with Crippen molar-refractivity contribution in [3.63, 3.8) is 0 Å². The number of hydrogen-bond donors (Lipinski definition) is 0. The van der Waals surface area contributed by atoms with E-state index in [1.807, 2.05) is 103 Å². The van der Waals surface area contributed by atoms with Gasteiger partial charge in [-0.3, -0.25) is 0 Å². The molecule has 9 aromatic rings. The molecule has 0 amide bonds. The first-order valence-corrected chi connectivity index (χ1v) is 15.4. The number of hydrogen-bond acceptors (Lipinski definition) is 3. The highest BCUT2D eigenvalue weighted by atomic mass is 15.0. The summed E-state index contributed by atoms with van der Waals surface area (Å²) in [6, 6.07) is 44.1. The lowest BCUT2D eigenvalue weighted by molar-refractivity contribution is 1.07. The molecule has 4 heteroatoms. The zero-order chi connectivity index (χ0) is 35.5. The van der Waals surface area contributed by atoms with Gasteiger partial charge >= 0.3 is 0 Å². The number of aromatic nitrogens is 4. The average molecular weight is 606 g/mol. The molecule has 0 atom stereocenters. The summed E-state index contributed by atoms with van der Waals surface area (Å²) in [7, 11) is 0. The summed E-state index contributed by atoms with van der Waals surface area (Å²) in [5.74, 6) is 1.47. The third kappa shape index (κ3) is 4.75. The smallest absolute Gasteiger partial charge is 0.164 e. The van der Waals surface area contributed by atoms with Crippen LogP contribution in [-0.2, 0) is 0 Å². The Morgan fingerprint density at radius 3 is 1.68 bits per heavy atom. The van der Waals surface area contributed by atoms with E-state index in [1.165, 1.54) is 0 Å². The minimum atomic E-state index is -0.436. The van der Waals surface area contributed by atoms with E-state index in [9.17, 15) is 0 Å². The molecule has 0 saturated heterocycles. The van der Waals surface area contributed by atoms with Crippen molar-refractivity contribution in [3.8, 4) is 51.0 Å². The molecule has 0 aliphatic heterocycles. The average Bonchev–Trinajstić information content (AvgIpc) is 3.53. The predicted octanol–water partition coefficient (Wildman–Crippen LogP) is 10.8. The third-order valence-electron chi connectivity index (χ3n) is 8.52. The van der Waals surface area contributed by atoms with Gasteiger partial charge < -0.3 is 4.57 Å². The van der Waals surface area contributed by atoms with Crippen molar-refractivity contribution in [3.05, 3.63) is 170 Å². The van der Waals surface area contributed by atoms with Crippen LogP contribution in [0, 0.1) is 0 Å². The van der Waals surface area contributed by atoms with Gasteiger partial charge in [0.25, 0.3) is 0 Å². The van der Waals surface area contributed by atoms with Crippen LogP contribution >= 0.6 is 0 Å². The molecule has 2 heterocycles. The number of benzene rings is 7. The van der Waals surface area contributed by atoms with Gasteiger partial charge in [-0.05, 0) is 40.6 Å². The van der Waals surface area contributed by atoms with Crippen LogP contribution in [0.4, 0.5) is 0 Å². The quantitative estimate of drug-likeness (QED) is 0.196. The standard InChI is InChI=1S/C43H28N4/c1-3-14-30(15-4-1)35-26-25-34(28-40(35)47-38-21-11-9-19-36(38)37-20-10-12-22-39(37)47)43-45-41(31-16-5-2-6-17-31)44-42(46-43)33-24-23-29-13-7-8-18-32(29)27-33/h1-28H/i1D,3D,4D,14D,15D. The summed E-state index contributed by atoms with van der Waals surface area (Å²) in [5, 5.41) is 4.24. The summed E-state index contributed by atoms with van der Waals surface area (Å²) in [6.45, 7) is 0. The van der Waals surface area contributed by atoms with E-state index >= 15 is 0 Å². The molecule has 4 nitrogen and oxygen atoms in total. The van der Waals surface area contributed by atoms with E-state index < -0.39 is 18.1 Å². The Bertz CT molecular complexity index is 2790. The fourth-order valence-electron chi connectivity index (χ4n) is 6.31. The summed E-state index contributed by atoms with van der Waals surface area (Å²) in [6.07, 6.45) is 0. The molecule has 47 heavy (non-hydrogen) atoms. The Morgan fingerprint density at radius 1 is 0.426 bits per heavy atom. The van der Waals surface area contributed by atoms with Gasteiger partial charge in [0.15, 0.2) is 17.5 Å². The Morgan fingerprint density at radius 2 is 0.979 bits per heavy atom. The Hall–Kier alpha value is -6.39. The second-order valence-corrected chi connectivity index (χ2v) is 11.3. The van der Waals surface area contributed by atoms with Crippen LogP contribution < -0.4 is 0 Å². The monoisotopic (exact) mass is 605 g/mol. The van der Waals surface area contributed by atoms with Gasteiger partial charge in [-0.1, -0.05) is 145 Å². The Balaban J connectivity index is 1.35. The van der Waals surface area contributed by atoms with Crippen molar-refractivity contribution in [1.29, 1.82) is 0 Å². The first-order valence-electron chi connectivity index (χ1n) is 17.9. The lowest BCUT2D eigenvalue weighted by Crippen LogP contribution is -2.02. The zero-order valence-corrected chi connectivity index (χ0v) is 25.1. The van der Waals surface area contributed by atoms with Crippen LogP contribution in [0.3, 0.4) is 0 Å². The molecule has 7 aromatic carbocycles. The largest absolute Gasteiger partial charge is 0.309 e. The third-order valence-corrected chi connectivity index (χ3v) is 8.52. The fraction of sp³-hybridized carbons (Fsp3) is 0. The molecule has 9 rings (SSSR count). The predicted molar refractivity (Wildman–Crippen MR) is 193 cm³/mol. The number of rotatable bonds is 5. The van der Waals surface area contributed by atoms with Crippen molar-refractivity contribution in [2.75, 3.05) is 0 Å². The van der Waals surface area contributed by atoms with E-state index in [0.29, 0.717) is 34.3 Å². The van der Waals surface area contributed by atoms with E-state index in [1.54, 1.807) is 0 Å². The van der Waals surface area contributed by atoms with Gasteiger partial charge in [0, 0.05) is 33.0 Å². The van der Waals surface area contributed by atoms with E-state index in [-0.39, 0.29) is 17.6 Å². The van der Waals surface area contributed by atoms with Gasteiger partial charge in [0.1, 0.15) is 0 Å². The molecular formula is C43H28N4. The van der Waals surface area contributed by atoms with Crippen molar-refractivity contribution in [2.24, 2.45) is 0 Å². The van der Waals surface area contributed by atoms with Crippen LogP contribution in [-0.4, -0.2) is 19.5 Å². The molecule has 0 unspecified atom stereocenters. The first-order chi connectivity index (χ1) is 25.4. The molecule has 0 bridgehead atoms. The first kappa shape index (κ1) is 22.2. The maximum atomic E-state index is 8.93. The molecular weight excluding hydrogens is 573 g/mol. The molecule has 0 radical (unpaired) electrons. The highest BCUT2D eigenvalue weighted by Crippen LogP contribution is 2.38. The lowest BCUT2D eigenvalue weighted by Gasteiger charge is -2.16. The minimum absolute atomic E-state index is 0.117. The van der Waals surface area contributed by atoms with E-state index in [2.05, 4.69) is 41.0 Å². The minimum Gasteiger partial charge on any atom is -0.309 e. The van der Waals surface area contributed by atoms with E-state index in [4.69, 9.17) is 21.8 Å². The summed E-state index contributed by atoms with van der Waals surface area (Å²) < 4.78 is 45.2. The SMILES string of the molecule is [2H]c1c([2H])c([2H])c(-c2ccc(-c3nc(-c4ccccc4)nc(-c4ccc5ccccc5c4)n3)cc2-n2c3ccccc3c3ccccc32)c([2H])c1[2H]. The number of nitrogens with zero attached hydrogens (tertiary/aromatic N) is 4. The molecule has 0 fully saturated rings. The van der Waals surface area contributed by atoms with Crippen molar-refractivity contribution in [2.45, 2.75) is 0 Å². The van der Waals surface area contributed by atoms with Gasteiger partial charge in [-0.2, -0.15) is 0 Å². The summed E-state index contributed by atoms with van der Waals surface area (Å²) in [5.41, 5.74) is 5.41. The van der Waals surface area contributed by atoms with Gasteiger partial charge in [-0.25, -0.2) is 15.0 Å². The molecule has 2 aromatic heterocycles. The van der Waals surface area contributed by atoms with E-state index in [0.717, 1.165) is 43.7 Å². The number of para-hydroxylation sites is 2. The second-order valence-electron chi connectivity index (χ2n) is 11.3. The number of fused-ring (bicyclic) bond motifs is 4. The summed E-state index contributed by atoms with van der Waals surface area (Å²) in [4.78, 5) is 15.0. The molecule has 0 aliphatic carbocycles. The van der Waals surface area contributed by atoms with Crippen molar-refractivity contribution >= 4 is 32.6 Å². The highest BCUT2D eigenvalue weighted by Gasteiger charge is 2.18. The van der Waals surface area contributed by atoms with Crippen LogP contribution in [0.2, 0.25) is 0 Å². The maximum absolute atomic E-state index is 8.93. The molecule has 0 saturated carbocycles. The maximum Gasteiger partial charge on any atom is 0.164 e. The van der Waals surface area contributed by atoms with Crippen LogP contribution in [0.5, 0.6) is 0 Å². The molecule has 0 N–H and O–H groups in total. The zero-order valence-electron chi connectivity index (χ0n) is 30.1. The second kappa shape index (κ2) is 11.2. The topological polar surface area (TPSA) is 43.6 Å².